The third kappa shape index (κ3) is 1.74. The van der Waals surface area contributed by atoms with Gasteiger partial charge in [0.2, 0.25) is 0 Å². The molecule has 0 saturated heterocycles. The van der Waals surface area contributed by atoms with Crippen molar-refractivity contribution in [2.24, 2.45) is 0 Å². The topological polar surface area (TPSA) is 9.23 Å². The lowest BCUT2D eigenvalue weighted by Gasteiger charge is -2.05. The number of ether oxygens (including phenoxy) is 1. The van der Waals surface area contributed by atoms with E-state index in [1.807, 2.05) is 13.0 Å². The van der Waals surface area contributed by atoms with Gasteiger partial charge in [-0.3, -0.25) is 0 Å². The minimum absolute atomic E-state index is 0.696. The quantitative estimate of drug-likeness (QED) is 0.761. The molecule has 0 radical (unpaired) electrons. The lowest BCUT2D eigenvalue weighted by molar-refractivity contribution is 0.343. The maximum absolute atomic E-state index is 5.57. The van der Waals surface area contributed by atoms with Crippen LogP contribution in [-0.2, 0) is 0 Å². The minimum atomic E-state index is 0.696. The summed E-state index contributed by atoms with van der Waals surface area (Å²) in [6, 6.07) is 6.22. The highest BCUT2D eigenvalue weighted by molar-refractivity contribution is 7.80. The van der Waals surface area contributed by atoms with Crippen LogP contribution in [0.1, 0.15) is 11.8 Å². The Morgan fingerprint density at radius 1 is 1.36 bits per heavy atom. The first-order chi connectivity index (χ1) is 6.70. The zero-order chi connectivity index (χ0) is 10.1. The van der Waals surface area contributed by atoms with Crippen LogP contribution in [-0.4, -0.2) is 6.61 Å². The first-order valence-electron chi connectivity index (χ1n) is 4.56. The fourth-order valence-electron chi connectivity index (χ4n) is 1.50. The van der Waals surface area contributed by atoms with Crippen molar-refractivity contribution in [3.63, 3.8) is 0 Å². The Balaban J connectivity index is 2.66. The molecule has 0 spiro atoms. The summed E-state index contributed by atoms with van der Waals surface area (Å²) in [6.07, 6.45) is 0. The third-order valence-electron chi connectivity index (χ3n) is 2.01. The summed E-state index contributed by atoms with van der Waals surface area (Å²) in [5, 5.41) is 1.20. The highest BCUT2D eigenvalue weighted by Gasteiger charge is 2.06. The van der Waals surface area contributed by atoms with Crippen LogP contribution in [0.4, 0.5) is 0 Å². The second-order valence-corrected chi connectivity index (χ2v) is 4.95. The average molecular weight is 224 g/mol. The molecule has 2 aromatic rings. The zero-order valence-corrected chi connectivity index (χ0v) is 9.91. The Morgan fingerprint density at radius 2 is 2.14 bits per heavy atom. The van der Waals surface area contributed by atoms with Crippen LogP contribution in [0.15, 0.2) is 23.1 Å². The summed E-state index contributed by atoms with van der Waals surface area (Å²) in [7, 11) is 0. The van der Waals surface area contributed by atoms with E-state index in [1.165, 1.54) is 15.0 Å². The van der Waals surface area contributed by atoms with Crippen molar-refractivity contribution >= 4 is 34.1 Å². The summed E-state index contributed by atoms with van der Waals surface area (Å²) >= 11 is 6.14. The van der Waals surface area contributed by atoms with E-state index in [9.17, 15) is 0 Å². The van der Waals surface area contributed by atoms with Crippen molar-refractivity contribution < 1.29 is 4.74 Å². The van der Waals surface area contributed by atoms with Gasteiger partial charge in [-0.1, -0.05) is 0 Å². The highest BCUT2D eigenvalue weighted by Crippen LogP contribution is 2.34. The number of aryl methyl sites for hydroxylation is 1. The van der Waals surface area contributed by atoms with Crippen molar-refractivity contribution in [3.05, 3.63) is 23.1 Å². The minimum Gasteiger partial charge on any atom is -0.493 e. The first-order valence-corrected chi connectivity index (χ1v) is 5.83. The van der Waals surface area contributed by atoms with Crippen LogP contribution in [0.25, 0.3) is 10.1 Å². The molecule has 0 aliphatic heterocycles. The summed E-state index contributed by atoms with van der Waals surface area (Å²) in [6.45, 7) is 4.80. The summed E-state index contributed by atoms with van der Waals surface area (Å²) in [5.41, 5.74) is 0. The lowest BCUT2D eigenvalue weighted by atomic mass is 10.2. The van der Waals surface area contributed by atoms with Crippen molar-refractivity contribution in [2.45, 2.75) is 18.7 Å². The Morgan fingerprint density at radius 3 is 2.86 bits per heavy atom. The molecule has 0 fully saturated rings. The van der Waals surface area contributed by atoms with Gasteiger partial charge in [0.05, 0.1) is 6.61 Å². The van der Waals surface area contributed by atoms with Gasteiger partial charge in [-0.25, -0.2) is 0 Å². The molecular weight excluding hydrogens is 212 g/mol. The fraction of sp³-hybridized carbons (Fsp3) is 0.273. The maximum atomic E-state index is 5.57. The van der Waals surface area contributed by atoms with Crippen LogP contribution in [0.5, 0.6) is 5.75 Å². The Labute approximate surface area is 93.1 Å². The van der Waals surface area contributed by atoms with Gasteiger partial charge >= 0.3 is 0 Å². The third-order valence-corrected chi connectivity index (χ3v) is 3.26. The molecule has 0 amide bonds. The number of thiophene rings is 1. The monoisotopic (exact) mass is 224 g/mol. The molecule has 14 heavy (non-hydrogen) atoms. The van der Waals surface area contributed by atoms with Gasteiger partial charge in [0.25, 0.3) is 0 Å². The number of hydrogen-bond donors (Lipinski definition) is 1. The van der Waals surface area contributed by atoms with Gasteiger partial charge in [-0.05, 0) is 32.0 Å². The standard InChI is InChI=1S/C11H12OS2/c1-3-12-10-5-8(13)6-11-9(10)4-7(2)14-11/h4-6,13H,3H2,1-2H3. The normalized spacial score (nSPS) is 10.8. The molecule has 1 nitrogen and oxygen atoms in total. The number of benzene rings is 1. The van der Waals surface area contributed by atoms with E-state index in [1.54, 1.807) is 11.3 Å². The van der Waals surface area contributed by atoms with E-state index in [0.29, 0.717) is 6.61 Å². The molecule has 2 rings (SSSR count). The van der Waals surface area contributed by atoms with Gasteiger partial charge in [-0.2, -0.15) is 0 Å². The van der Waals surface area contributed by atoms with E-state index in [-0.39, 0.29) is 0 Å². The average Bonchev–Trinajstić information content (AvgIpc) is 2.45. The first kappa shape index (κ1) is 9.87. The summed E-state index contributed by atoms with van der Waals surface area (Å²) in [5.74, 6) is 0.944. The maximum Gasteiger partial charge on any atom is 0.129 e. The van der Waals surface area contributed by atoms with Crippen LogP contribution < -0.4 is 4.74 Å². The van der Waals surface area contributed by atoms with Gasteiger partial charge in [0, 0.05) is 19.9 Å². The van der Waals surface area contributed by atoms with Gasteiger partial charge in [0.1, 0.15) is 5.75 Å². The van der Waals surface area contributed by atoms with Crippen LogP contribution in [0, 0.1) is 6.92 Å². The zero-order valence-electron chi connectivity index (χ0n) is 8.20. The van der Waals surface area contributed by atoms with Crippen molar-refractivity contribution in [3.8, 4) is 5.75 Å². The van der Waals surface area contributed by atoms with E-state index in [4.69, 9.17) is 4.74 Å². The second-order valence-electron chi connectivity index (χ2n) is 3.15. The lowest BCUT2D eigenvalue weighted by Crippen LogP contribution is -1.91. The fourth-order valence-corrected chi connectivity index (χ4v) is 2.81. The second kappa shape index (κ2) is 3.83. The number of rotatable bonds is 2. The number of hydrogen-bond acceptors (Lipinski definition) is 3. The molecule has 0 bridgehead atoms. The van der Waals surface area contributed by atoms with Crippen LogP contribution in [0.3, 0.4) is 0 Å². The molecule has 0 N–H and O–H groups in total. The van der Waals surface area contributed by atoms with Crippen LogP contribution in [0.2, 0.25) is 0 Å². The number of thiol groups is 1. The molecule has 0 aliphatic rings. The van der Waals surface area contributed by atoms with Crippen molar-refractivity contribution in [2.75, 3.05) is 6.61 Å². The van der Waals surface area contributed by atoms with Gasteiger partial charge in [0.15, 0.2) is 0 Å². The highest BCUT2D eigenvalue weighted by atomic mass is 32.1. The van der Waals surface area contributed by atoms with E-state index < -0.39 is 0 Å². The summed E-state index contributed by atoms with van der Waals surface area (Å²) < 4.78 is 6.82. The molecule has 1 aromatic carbocycles. The van der Waals surface area contributed by atoms with Crippen molar-refractivity contribution in [1.29, 1.82) is 0 Å². The molecule has 74 valence electrons. The van der Waals surface area contributed by atoms with Crippen molar-refractivity contribution in [1.82, 2.24) is 0 Å². The van der Waals surface area contributed by atoms with E-state index in [0.717, 1.165) is 10.6 Å². The van der Waals surface area contributed by atoms with Gasteiger partial charge in [-0.15, -0.1) is 24.0 Å². The molecule has 3 heteroatoms. The van der Waals surface area contributed by atoms with Crippen LogP contribution >= 0.6 is 24.0 Å². The molecular formula is C11H12OS2. The number of fused-ring (bicyclic) bond motifs is 1. The Bertz CT molecular complexity index is 460. The Kier molecular flexibility index (Phi) is 2.70. The summed E-state index contributed by atoms with van der Waals surface area (Å²) in [4.78, 5) is 2.27. The van der Waals surface area contributed by atoms with E-state index in [2.05, 4.69) is 31.7 Å². The SMILES string of the molecule is CCOc1cc(S)cc2sc(C)cc12. The molecule has 0 atom stereocenters. The smallest absolute Gasteiger partial charge is 0.129 e. The van der Waals surface area contributed by atoms with Gasteiger partial charge < -0.3 is 4.74 Å². The largest absolute Gasteiger partial charge is 0.493 e. The van der Waals surface area contributed by atoms with E-state index >= 15 is 0 Å². The molecule has 0 saturated carbocycles. The molecule has 0 aliphatic carbocycles. The predicted octanol–water partition coefficient (Wildman–Crippen LogP) is 3.90. The molecule has 1 aromatic heterocycles. The Hall–Kier alpha value is -0.670. The molecule has 0 unspecified atom stereocenters. The molecule has 1 heterocycles. The predicted molar refractivity (Wildman–Crippen MR) is 65.0 cm³/mol.